The van der Waals surface area contributed by atoms with E-state index >= 15 is 0 Å². The molecule has 0 saturated heterocycles. The fraction of sp³-hybridized carbons (Fsp3) is 0.250. The highest BCUT2D eigenvalue weighted by atomic mass is 35.5. The Bertz CT molecular complexity index is 888. The Kier molecular flexibility index (Phi) is 7.85. The topological polar surface area (TPSA) is 98.2 Å². The lowest BCUT2D eigenvalue weighted by molar-refractivity contribution is -0.120. The number of nitrogens with zero attached hydrogens (tertiary/aromatic N) is 1. The van der Waals surface area contributed by atoms with E-state index in [9.17, 15) is 9.59 Å². The largest absolute Gasteiger partial charge is 0.493 e. The van der Waals surface area contributed by atoms with Crippen LogP contribution in [0.4, 0.5) is 0 Å². The summed E-state index contributed by atoms with van der Waals surface area (Å²) in [6, 6.07) is 10.0. The lowest BCUT2D eigenvalue weighted by Crippen LogP contribution is -2.35. The van der Waals surface area contributed by atoms with Gasteiger partial charge in [0.05, 0.1) is 33.6 Å². The summed E-state index contributed by atoms with van der Waals surface area (Å²) >= 11 is 5.85. The maximum atomic E-state index is 12.4. The molecular formula is C20H22ClN3O5. The second kappa shape index (κ2) is 10.3. The van der Waals surface area contributed by atoms with Crippen molar-refractivity contribution < 1.29 is 23.8 Å². The van der Waals surface area contributed by atoms with E-state index in [1.54, 1.807) is 31.2 Å². The van der Waals surface area contributed by atoms with Gasteiger partial charge in [0.2, 0.25) is 5.75 Å². The minimum Gasteiger partial charge on any atom is -0.493 e. The van der Waals surface area contributed by atoms with Crippen molar-refractivity contribution in [2.75, 3.05) is 27.9 Å². The zero-order valence-corrected chi connectivity index (χ0v) is 17.3. The van der Waals surface area contributed by atoms with E-state index in [1.165, 1.54) is 33.5 Å². The van der Waals surface area contributed by atoms with E-state index in [0.717, 1.165) is 5.56 Å². The van der Waals surface area contributed by atoms with E-state index in [4.69, 9.17) is 25.8 Å². The lowest BCUT2D eigenvalue weighted by atomic mass is 10.1. The molecule has 2 amide bonds. The average Bonchev–Trinajstić information content (AvgIpc) is 2.74. The number of benzene rings is 2. The molecule has 0 aliphatic heterocycles. The van der Waals surface area contributed by atoms with E-state index in [0.29, 0.717) is 28.0 Å². The summed E-state index contributed by atoms with van der Waals surface area (Å²) in [6.07, 6.45) is 0. The van der Waals surface area contributed by atoms with Crippen LogP contribution >= 0.6 is 11.6 Å². The normalized spacial score (nSPS) is 10.9. The van der Waals surface area contributed by atoms with Crippen LogP contribution in [-0.2, 0) is 4.79 Å². The average molecular weight is 420 g/mol. The second-order valence-corrected chi connectivity index (χ2v) is 6.27. The van der Waals surface area contributed by atoms with Gasteiger partial charge >= 0.3 is 0 Å². The third kappa shape index (κ3) is 5.86. The molecular weight excluding hydrogens is 398 g/mol. The van der Waals surface area contributed by atoms with Crippen LogP contribution < -0.4 is 25.0 Å². The molecule has 29 heavy (non-hydrogen) atoms. The van der Waals surface area contributed by atoms with E-state index in [2.05, 4.69) is 15.8 Å². The van der Waals surface area contributed by atoms with Crippen molar-refractivity contribution in [3.63, 3.8) is 0 Å². The van der Waals surface area contributed by atoms with Gasteiger partial charge in [0.15, 0.2) is 11.5 Å². The second-order valence-electron chi connectivity index (χ2n) is 5.84. The smallest absolute Gasteiger partial charge is 0.259 e. The van der Waals surface area contributed by atoms with Gasteiger partial charge in [-0.3, -0.25) is 9.59 Å². The third-order valence-electron chi connectivity index (χ3n) is 3.95. The zero-order valence-electron chi connectivity index (χ0n) is 16.5. The van der Waals surface area contributed by atoms with E-state index < -0.39 is 11.8 Å². The Morgan fingerprint density at radius 2 is 1.55 bits per heavy atom. The van der Waals surface area contributed by atoms with Crippen molar-refractivity contribution in [2.24, 2.45) is 5.10 Å². The first kappa shape index (κ1) is 22.0. The molecule has 0 fully saturated rings. The molecule has 0 atom stereocenters. The molecule has 0 spiro atoms. The highest BCUT2D eigenvalue weighted by Crippen LogP contribution is 2.38. The molecule has 0 saturated carbocycles. The minimum absolute atomic E-state index is 0.257. The van der Waals surface area contributed by atoms with Gasteiger partial charge in [-0.05, 0) is 36.8 Å². The van der Waals surface area contributed by atoms with Gasteiger partial charge in [-0.25, -0.2) is 5.43 Å². The summed E-state index contributed by atoms with van der Waals surface area (Å²) in [4.78, 5) is 24.4. The van der Waals surface area contributed by atoms with Crippen LogP contribution in [0.1, 0.15) is 22.8 Å². The number of rotatable bonds is 8. The lowest BCUT2D eigenvalue weighted by Gasteiger charge is -2.14. The standard InChI is InChI=1S/C20H22ClN3O5/c1-12(13-5-7-15(21)8-6-13)23-24-18(25)11-22-20(26)14-9-16(27-2)19(29-4)17(10-14)28-3/h5-10H,11H2,1-4H3,(H,22,26)(H,24,25)/b23-12-. The minimum atomic E-state index is -0.474. The molecule has 0 bridgehead atoms. The number of ether oxygens (including phenoxy) is 3. The first-order valence-corrected chi connectivity index (χ1v) is 8.94. The van der Waals surface area contributed by atoms with Gasteiger partial charge in [0.25, 0.3) is 11.8 Å². The van der Waals surface area contributed by atoms with Crippen molar-refractivity contribution in [3.8, 4) is 17.2 Å². The molecule has 2 rings (SSSR count). The number of nitrogens with one attached hydrogen (secondary N) is 2. The number of halogens is 1. The Labute approximate surface area is 173 Å². The Morgan fingerprint density at radius 3 is 2.07 bits per heavy atom. The SMILES string of the molecule is COc1cc(C(=O)NCC(=O)N/N=C(/C)c2ccc(Cl)cc2)cc(OC)c1OC. The summed E-state index contributed by atoms with van der Waals surface area (Å²) in [5, 5.41) is 7.15. The van der Waals surface area contributed by atoms with Gasteiger partial charge in [-0.2, -0.15) is 5.10 Å². The molecule has 0 aliphatic carbocycles. The molecule has 0 unspecified atom stereocenters. The monoisotopic (exact) mass is 419 g/mol. The van der Waals surface area contributed by atoms with Crippen molar-refractivity contribution in [2.45, 2.75) is 6.92 Å². The maximum Gasteiger partial charge on any atom is 0.259 e. The van der Waals surface area contributed by atoms with Gasteiger partial charge in [-0.15, -0.1) is 0 Å². The number of methoxy groups -OCH3 is 3. The molecule has 0 aromatic heterocycles. The van der Waals surface area contributed by atoms with Crippen molar-refractivity contribution >= 4 is 29.1 Å². The Morgan fingerprint density at radius 1 is 0.966 bits per heavy atom. The maximum absolute atomic E-state index is 12.4. The number of hydrogen-bond acceptors (Lipinski definition) is 6. The number of carbonyl (C=O) groups is 2. The molecule has 0 heterocycles. The van der Waals surface area contributed by atoms with Crippen LogP contribution in [-0.4, -0.2) is 45.4 Å². The highest BCUT2D eigenvalue weighted by molar-refractivity contribution is 6.30. The molecule has 0 aliphatic rings. The molecule has 8 nitrogen and oxygen atoms in total. The Balaban J connectivity index is 1.98. The molecule has 2 aromatic rings. The summed E-state index contributed by atoms with van der Waals surface area (Å²) in [7, 11) is 4.37. The first-order valence-electron chi connectivity index (χ1n) is 8.56. The van der Waals surface area contributed by atoms with Crippen LogP contribution in [0.3, 0.4) is 0 Å². The molecule has 9 heteroatoms. The quantitative estimate of drug-likeness (QED) is 0.506. The van der Waals surface area contributed by atoms with Gasteiger partial charge in [0.1, 0.15) is 0 Å². The van der Waals surface area contributed by atoms with Crippen molar-refractivity contribution in [1.29, 1.82) is 0 Å². The summed E-state index contributed by atoms with van der Waals surface area (Å²) < 4.78 is 15.7. The molecule has 0 radical (unpaired) electrons. The summed E-state index contributed by atoms with van der Waals surface area (Å²) in [5.41, 5.74) is 4.07. The summed E-state index contributed by atoms with van der Waals surface area (Å²) in [6.45, 7) is 1.49. The van der Waals surface area contributed by atoms with Gasteiger partial charge < -0.3 is 19.5 Å². The van der Waals surface area contributed by atoms with Gasteiger partial charge in [-0.1, -0.05) is 23.7 Å². The zero-order chi connectivity index (χ0) is 21.4. The number of hydrazone groups is 1. The van der Waals surface area contributed by atoms with Crippen LogP contribution in [0.25, 0.3) is 0 Å². The van der Waals surface area contributed by atoms with Crippen LogP contribution in [0.15, 0.2) is 41.5 Å². The molecule has 2 aromatic carbocycles. The van der Waals surface area contributed by atoms with Crippen LogP contribution in [0.5, 0.6) is 17.2 Å². The third-order valence-corrected chi connectivity index (χ3v) is 4.20. The molecule has 154 valence electrons. The highest BCUT2D eigenvalue weighted by Gasteiger charge is 2.17. The first-order chi connectivity index (χ1) is 13.9. The fourth-order valence-corrected chi connectivity index (χ4v) is 2.54. The predicted octanol–water partition coefficient (Wildman–Crippen LogP) is 2.64. The predicted molar refractivity (Wildman–Crippen MR) is 110 cm³/mol. The van der Waals surface area contributed by atoms with Crippen LogP contribution in [0, 0.1) is 0 Å². The van der Waals surface area contributed by atoms with Crippen LogP contribution in [0.2, 0.25) is 5.02 Å². The van der Waals surface area contributed by atoms with Crippen molar-refractivity contribution in [3.05, 3.63) is 52.5 Å². The van der Waals surface area contributed by atoms with E-state index in [1.807, 2.05) is 0 Å². The van der Waals surface area contributed by atoms with Gasteiger partial charge in [0, 0.05) is 10.6 Å². The Hall–Kier alpha value is -3.26. The number of carbonyl (C=O) groups excluding carboxylic acids is 2. The molecule has 2 N–H and O–H groups in total. The fourth-order valence-electron chi connectivity index (χ4n) is 2.42. The number of hydrogen-bond donors (Lipinski definition) is 2. The number of amides is 2. The van der Waals surface area contributed by atoms with E-state index in [-0.39, 0.29) is 12.1 Å². The summed E-state index contributed by atoms with van der Waals surface area (Å²) in [5.74, 6) is 0.0995. The van der Waals surface area contributed by atoms with Crippen molar-refractivity contribution in [1.82, 2.24) is 10.7 Å².